The number of hydrogen-bond donors (Lipinski definition) is 0. The molecule has 3 aromatic carbocycles. The van der Waals surface area contributed by atoms with E-state index in [1.165, 1.54) is 5.56 Å². The van der Waals surface area contributed by atoms with Gasteiger partial charge in [0.1, 0.15) is 5.82 Å². The number of aromatic nitrogens is 2. The third kappa shape index (κ3) is 4.12. The highest BCUT2D eigenvalue weighted by atomic mass is 79.9. The van der Waals surface area contributed by atoms with Gasteiger partial charge in [-0.2, -0.15) is 0 Å². The Morgan fingerprint density at radius 1 is 0.750 bits per heavy atom. The van der Waals surface area contributed by atoms with Gasteiger partial charge in [-0.15, -0.1) is 0 Å². The van der Waals surface area contributed by atoms with Crippen LogP contribution in [-0.4, -0.2) is 17.0 Å². The zero-order chi connectivity index (χ0) is 19.3. The second kappa shape index (κ2) is 8.36. The molecular weight excluding hydrogens is 410 g/mol. The van der Waals surface area contributed by atoms with E-state index in [9.17, 15) is 0 Å². The number of nitrogens with zero attached hydrogens (tertiary/aromatic N) is 3. The van der Waals surface area contributed by atoms with Crippen LogP contribution >= 0.6 is 15.9 Å². The lowest BCUT2D eigenvalue weighted by Gasteiger charge is -2.20. The van der Waals surface area contributed by atoms with Crippen LogP contribution in [0.2, 0.25) is 0 Å². The Balaban J connectivity index is 1.72. The molecule has 0 aliphatic carbocycles. The van der Waals surface area contributed by atoms with Gasteiger partial charge in [0.2, 0.25) is 0 Å². The van der Waals surface area contributed by atoms with Crippen molar-refractivity contribution in [1.29, 1.82) is 0 Å². The van der Waals surface area contributed by atoms with E-state index in [-0.39, 0.29) is 0 Å². The molecule has 4 heteroatoms. The van der Waals surface area contributed by atoms with Crippen LogP contribution in [0.3, 0.4) is 0 Å². The molecule has 1 aromatic heterocycles. The second-order valence-electron chi connectivity index (χ2n) is 6.64. The van der Waals surface area contributed by atoms with Crippen molar-refractivity contribution in [3.05, 3.63) is 101 Å². The van der Waals surface area contributed by atoms with Gasteiger partial charge in [-0.3, -0.25) is 4.98 Å². The van der Waals surface area contributed by atoms with Gasteiger partial charge in [-0.25, -0.2) is 4.98 Å². The normalized spacial score (nSPS) is 10.6. The Kier molecular flexibility index (Phi) is 5.49. The SMILES string of the molecule is CN(Cc1ccc(Br)cc1)c1cnc(-c2ccccc2)c(-c2ccccc2)n1. The molecule has 0 radical (unpaired) electrons. The fourth-order valence-electron chi connectivity index (χ4n) is 3.11. The first kappa shape index (κ1) is 18.4. The van der Waals surface area contributed by atoms with Crippen molar-refractivity contribution in [3.8, 4) is 22.5 Å². The van der Waals surface area contributed by atoms with Crippen molar-refractivity contribution in [2.24, 2.45) is 0 Å². The maximum absolute atomic E-state index is 4.99. The molecule has 4 rings (SSSR count). The van der Waals surface area contributed by atoms with Crippen LogP contribution in [0.5, 0.6) is 0 Å². The van der Waals surface area contributed by atoms with Crippen LogP contribution < -0.4 is 4.90 Å². The average Bonchev–Trinajstić information content (AvgIpc) is 2.76. The molecule has 0 unspecified atom stereocenters. The molecule has 0 aliphatic rings. The first-order valence-corrected chi connectivity index (χ1v) is 9.93. The summed E-state index contributed by atoms with van der Waals surface area (Å²) in [6.45, 7) is 0.765. The Morgan fingerprint density at radius 2 is 1.32 bits per heavy atom. The Hall–Kier alpha value is -2.98. The van der Waals surface area contributed by atoms with Crippen molar-refractivity contribution >= 4 is 21.7 Å². The lowest BCUT2D eigenvalue weighted by atomic mass is 10.0. The molecule has 0 atom stereocenters. The van der Waals surface area contributed by atoms with Crippen LogP contribution in [-0.2, 0) is 6.54 Å². The third-order valence-corrected chi connectivity index (χ3v) is 5.11. The van der Waals surface area contributed by atoms with E-state index >= 15 is 0 Å². The predicted molar refractivity (Wildman–Crippen MR) is 119 cm³/mol. The Labute approximate surface area is 173 Å². The van der Waals surface area contributed by atoms with Gasteiger partial charge >= 0.3 is 0 Å². The minimum atomic E-state index is 0.765. The third-order valence-electron chi connectivity index (χ3n) is 4.58. The van der Waals surface area contributed by atoms with Gasteiger partial charge in [0.25, 0.3) is 0 Å². The Morgan fingerprint density at radius 3 is 1.93 bits per heavy atom. The van der Waals surface area contributed by atoms with E-state index in [1.54, 1.807) is 0 Å². The highest BCUT2D eigenvalue weighted by Crippen LogP contribution is 2.30. The summed E-state index contributed by atoms with van der Waals surface area (Å²) in [4.78, 5) is 11.9. The maximum atomic E-state index is 4.99. The summed E-state index contributed by atoms with van der Waals surface area (Å²) in [6.07, 6.45) is 1.85. The first-order chi connectivity index (χ1) is 13.7. The standard InChI is InChI=1S/C24H20BrN3/c1-28(17-18-12-14-21(25)15-13-18)22-16-26-23(19-8-4-2-5-9-19)24(27-22)20-10-6-3-7-11-20/h2-16H,17H2,1H3. The zero-order valence-electron chi connectivity index (χ0n) is 15.6. The van der Waals surface area contributed by atoms with Crippen molar-refractivity contribution in [2.75, 3.05) is 11.9 Å². The molecule has 0 spiro atoms. The molecule has 28 heavy (non-hydrogen) atoms. The van der Waals surface area contributed by atoms with E-state index < -0.39 is 0 Å². The first-order valence-electron chi connectivity index (χ1n) is 9.14. The number of halogens is 1. The van der Waals surface area contributed by atoms with Crippen LogP contribution in [0.4, 0.5) is 5.82 Å². The smallest absolute Gasteiger partial charge is 0.147 e. The van der Waals surface area contributed by atoms with Crippen LogP contribution in [0, 0.1) is 0 Å². The van der Waals surface area contributed by atoms with Gasteiger partial charge in [0.15, 0.2) is 0 Å². The second-order valence-corrected chi connectivity index (χ2v) is 7.56. The summed E-state index contributed by atoms with van der Waals surface area (Å²) in [6, 6.07) is 28.8. The summed E-state index contributed by atoms with van der Waals surface area (Å²) in [5, 5.41) is 0. The highest BCUT2D eigenvalue weighted by Gasteiger charge is 2.14. The molecule has 0 saturated carbocycles. The van der Waals surface area contributed by atoms with Gasteiger partial charge in [-0.05, 0) is 17.7 Å². The van der Waals surface area contributed by atoms with E-state index in [0.717, 1.165) is 39.4 Å². The van der Waals surface area contributed by atoms with Crippen molar-refractivity contribution in [3.63, 3.8) is 0 Å². The maximum Gasteiger partial charge on any atom is 0.147 e. The fraction of sp³-hybridized carbons (Fsp3) is 0.0833. The monoisotopic (exact) mass is 429 g/mol. The van der Waals surface area contributed by atoms with Gasteiger partial charge in [-0.1, -0.05) is 88.7 Å². The van der Waals surface area contributed by atoms with Crippen LogP contribution in [0.15, 0.2) is 95.6 Å². The van der Waals surface area contributed by atoms with Crippen molar-refractivity contribution < 1.29 is 0 Å². The lowest BCUT2D eigenvalue weighted by molar-refractivity contribution is 0.892. The zero-order valence-corrected chi connectivity index (χ0v) is 17.2. The average molecular weight is 430 g/mol. The summed E-state index contributed by atoms with van der Waals surface area (Å²) in [5.74, 6) is 0.849. The summed E-state index contributed by atoms with van der Waals surface area (Å²) < 4.78 is 1.08. The van der Waals surface area contributed by atoms with E-state index in [2.05, 4.69) is 69.4 Å². The molecule has 1 heterocycles. The van der Waals surface area contributed by atoms with Crippen LogP contribution in [0.25, 0.3) is 22.5 Å². The molecule has 0 N–H and O–H groups in total. The molecule has 0 amide bonds. The van der Waals surface area contributed by atoms with Crippen LogP contribution in [0.1, 0.15) is 5.56 Å². The topological polar surface area (TPSA) is 29.0 Å². The summed E-state index contributed by atoms with van der Waals surface area (Å²) in [5.41, 5.74) is 5.14. The highest BCUT2D eigenvalue weighted by molar-refractivity contribution is 9.10. The molecule has 0 fully saturated rings. The predicted octanol–water partition coefficient (Wildman–Crippen LogP) is 6.21. The molecule has 0 saturated heterocycles. The number of anilines is 1. The van der Waals surface area contributed by atoms with Gasteiger partial charge < -0.3 is 4.90 Å². The van der Waals surface area contributed by atoms with E-state index in [0.29, 0.717) is 0 Å². The number of benzene rings is 3. The van der Waals surface area contributed by atoms with Crippen molar-refractivity contribution in [2.45, 2.75) is 6.54 Å². The fourth-order valence-corrected chi connectivity index (χ4v) is 3.38. The van der Waals surface area contributed by atoms with Gasteiger partial charge in [0.05, 0.1) is 17.6 Å². The number of rotatable bonds is 5. The molecule has 3 nitrogen and oxygen atoms in total. The van der Waals surface area contributed by atoms with Crippen molar-refractivity contribution in [1.82, 2.24) is 9.97 Å². The molecule has 4 aromatic rings. The number of hydrogen-bond acceptors (Lipinski definition) is 3. The minimum absolute atomic E-state index is 0.765. The molecule has 138 valence electrons. The summed E-state index contributed by atoms with van der Waals surface area (Å²) in [7, 11) is 2.04. The Bertz CT molecular complexity index is 1050. The van der Waals surface area contributed by atoms with E-state index in [1.807, 2.05) is 49.6 Å². The molecular formula is C24H20BrN3. The molecule has 0 bridgehead atoms. The molecule has 0 aliphatic heterocycles. The van der Waals surface area contributed by atoms with E-state index in [4.69, 9.17) is 9.97 Å². The largest absolute Gasteiger partial charge is 0.354 e. The van der Waals surface area contributed by atoms with Gasteiger partial charge in [0, 0.05) is 29.2 Å². The lowest BCUT2D eigenvalue weighted by Crippen LogP contribution is -2.18. The minimum Gasteiger partial charge on any atom is -0.354 e. The summed E-state index contributed by atoms with van der Waals surface area (Å²) >= 11 is 3.49. The quantitative estimate of drug-likeness (QED) is 0.377.